The lowest BCUT2D eigenvalue weighted by atomic mass is 9.97. The highest BCUT2D eigenvalue weighted by Crippen LogP contribution is 2.30. The van der Waals surface area contributed by atoms with Gasteiger partial charge in [0.25, 0.3) is 0 Å². The van der Waals surface area contributed by atoms with Crippen molar-refractivity contribution in [1.29, 1.82) is 0 Å². The average Bonchev–Trinajstić information content (AvgIpc) is 2.75. The van der Waals surface area contributed by atoms with E-state index in [9.17, 15) is 4.79 Å². The van der Waals surface area contributed by atoms with Gasteiger partial charge in [0.1, 0.15) is 6.10 Å². The minimum Gasteiger partial charge on any atom is -0.456 e. The quantitative estimate of drug-likeness (QED) is 0.568. The van der Waals surface area contributed by atoms with Gasteiger partial charge < -0.3 is 4.74 Å². The predicted molar refractivity (Wildman–Crippen MR) is 76.9 cm³/mol. The molecule has 1 saturated carbocycles. The Bertz CT molecular complexity index is 356. The first-order chi connectivity index (χ1) is 8.86. The van der Waals surface area contributed by atoms with E-state index >= 15 is 0 Å². The van der Waals surface area contributed by atoms with Gasteiger partial charge in [-0.2, -0.15) is 0 Å². The van der Waals surface area contributed by atoms with Gasteiger partial charge in [-0.15, -0.1) is 0 Å². The van der Waals surface area contributed by atoms with Gasteiger partial charge >= 0.3 is 5.97 Å². The fraction of sp³-hybridized carbons (Fsp3) is 0.812. The predicted octanol–water partition coefficient (Wildman–Crippen LogP) is 3.00. The van der Waals surface area contributed by atoms with E-state index in [4.69, 9.17) is 4.74 Å². The van der Waals surface area contributed by atoms with E-state index in [1.165, 1.54) is 19.3 Å². The summed E-state index contributed by atoms with van der Waals surface area (Å²) in [5, 5.41) is 0. The zero-order valence-corrected chi connectivity index (χ0v) is 12.7. The van der Waals surface area contributed by atoms with Crippen LogP contribution < -0.4 is 0 Å². The first kappa shape index (κ1) is 14.6. The van der Waals surface area contributed by atoms with Crippen LogP contribution in [0.25, 0.3) is 0 Å². The maximum Gasteiger partial charge on any atom is 0.311 e. The lowest BCUT2D eigenvalue weighted by Gasteiger charge is -2.34. The molecule has 0 radical (unpaired) electrons. The van der Waals surface area contributed by atoms with Crippen LogP contribution in [0.3, 0.4) is 0 Å². The van der Waals surface area contributed by atoms with Crippen LogP contribution in [0.2, 0.25) is 0 Å². The van der Waals surface area contributed by atoms with Gasteiger partial charge in [-0.3, -0.25) is 9.69 Å². The van der Waals surface area contributed by atoms with Crippen molar-refractivity contribution in [3.05, 3.63) is 12.2 Å². The first-order valence-electron chi connectivity index (χ1n) is 7.48. The summed E-state index contributed by atoms with van der Waals surface area (Å²) in [5.41, 5.74) is -0.419. The van der Waals surface area contributed by atoms with E-state index < -0.39 is 5.41 Å². The molecule has 0 aromatic rings. The van der Waals surface area contributed by atoms with Crippen LogP contribution in [0, 0.1) is 11.3 Å². The Balaban J connectivity index is 1.89. The van der Waals surface area contributed by atoms with Crippen LogP contribution in [0.4, 0.5) is 0 Å². The molecule has 1 aliphatic carbocycles. The minimum atomic E-state index is -0.419. The Kier molecular flexibility index (Phi) is 4.34. The molecule has 0 spiro atoms. The minimum absolute atomic E-state index is 0.0728. The van der Waals surface area contributed by atoms with E-state index in [1.807, 2.05) is 26.8 Å². The van der Waals surface area contributed by atoms with Gasteiger partial charge in [-0.1, -0.05) is 13.0 Å². The fourth-order valence-corrected chi connectivity index (χ4v) is 2.91. The van der Waals surface area contributed by atoms with Crippen molar-refractivity contribution in [2.75, 3.05) is 13.1 Å². The van der Waals surface area contributed by atoms with Gasteiger partial charge in [0, 0.05) is 19.1 Å². The lowest BCUT2D eigenvalue weighted by molar-refractivity contribution is -0.157. The van der Waals surface area contributed by atoms with Crippen molar-refractivity contribution in [3.63, 3.8) is 0 Å². The summed E-state index contributed by atoms with van der Waals surface area (Å²) in [5.74, 6) is 0.732. The molecule has 3 nitrogen and oxygen atoms in total. The highest BCUT2D eigenvalue weighted by atomic mass is 16.5. The van der Waals surface area contributed by atoms with Gasteiger partial charge in [0.2, 0.25) is 0 Å². The van der Waals surface area contributed by atoms with E-state index in [0.29, 0.717) is 6.04 Å². The van der Waals surface area contributed by atoms with E-state index in [2.05, 4.69) is 17.9 Å². The molecule has 1 aliphatic heterocycles. The molecular formula is C16H27NO2. The largest absolute Gasteiger partial charge is 0.456 e. The zero-order valence-electron chi connectivity index (χ0n) is 12.7. The van der Waals surface area contributed by atoms with Gasteiger partial charge in [-0.05, 0) is 52.0 Å². The Morgan fingerprint density at radius 1 is 1.32 bits per heavy atom. The molecule has 0 aromatic carbocycles. The second kappa shape index (κ2) is 5.66. The van der Waals surface area contributed by atoms with Crippen LogP contribution in [0.15, 0.2) is 12.2 Å². The maximum atomic E-state index is 11.9. The molecule has 3 atom stereocenters. The molecule has 0 bridgehead atoms. The standard InChI is InChI=1S/C16H27NO2/c1-12-7-8-13(10-12)17-9-5-6-14(11-17)19-15(18)16(2,3)4/h5-6,12-14H,7-11H2,1-4H3. The number of hydrogen-bond donors (Lipinski definition) is 0. The zero-order chi connectivity index (χ0) is 14.0. The second-order valence-electron chi connectivity index (χ2n) is 7.15. The molecule has 0 aromatic heterocycles. The summed E-state index contributed by atoms with van der Waals surface area (Å²) in [6.45, 7) is 9.89. The lowest BCUT2D eigenvalue weighted by Crippen LogP contribution is -2.43. The second-order valence-corrected chi connectivity index (χ2v) is 7.15. The van der Waals surface area contributed by atoms with E-state index in [0.717, 1.165) is 19.0 Å². The summed E-state index contributed by atoms with van der Waals surface area (Å²) in [7, 11) is 0. The third kappa shape index (κ3) is 3.82. The van der Waals surface area contributed by atoms with Crippen LogP contribution in [-0.2, 0) is 9.53 Å². The van der Waals surface area contributed by atoms with Gasteiger partial charge in [0.05, 0.1) is 5.41 Å². The third-order valence-corrected chi connectivity index (χ3v) is 4.16. The SMILES string of the molecule is CC1CCC(N2CC=CC(OC(=O)C(C)(C)C)C2)C1. The molecule has 2 aliphatic rings. The fourth-order valence-electron chi connectivity index (χ4n) is 2.91. The Morgan fingerprint density at radius 2 is 2.05 bits per heavy atom. The highest BCUT2D eigenvalue weighted by molar-refractivity contribution is 5.75. The number of nitrogens with zero attached hydrogens (tertiary/aromatic N) is 1. The third-order valence-electron chi connectivity index (χ3n) is 4.16. The van der Waals surface area contributed by atoms with E-state index in [-0.39, 0.29) is 12.1 Å². The van der Waals surface area contributed by atoms with Crippen LogP contribution in [0.5, 0.6) is 0 Å². The van der Waals surface area contributed by atoms with Crippen molar-refractivity contribution in [2.24, 2.45) is 11.3 Å². The molecule has 3 heteroatoms. The summed E-state index contributed by atoms with van der Waals surface area (Å²) < 4.78 is 5.60. The van der Waals surface area contributed by atoms with Crippen molar-refractivity contribution >= 4 is 5.97 Å². The van der Waals surface area contributed by atoms with Crippen LogP contribution >= 0.6 is 0 Å². The number of hydrogen-bond acceptors (Lipinski definition) is 3. The molecule has 0 saturated heterocycles. The first-order valence-corrected chi connectivity index (χ1v) is 7.48. The summed E-state index contributed by atoms with van der Waals surface area (Å²) in [6, 6.07) is 0.677. The molecule has 1 heterocycles. The number of carbonyl (C=O) groups is 1. The Labute approximate surface area is 117 Å². The van der Waals surface area contributed by atoms with Crippen molar-refractivity contribution in [3.8, 4) is 0 Å². The van der Waals surface area contributed by atoms with Crippen molar-refractivity contribution in [1.82, 2.24) is 4.90 Å². The smallest absolute Gasteiger partial charge is 0.311 e. The molecule has 0 N–H and O–H groups in total. The summed E-state index contributed by atoms with van der Waals surface area (Å²) >= 11 is 0. The van der Waals surface area contributed by atoms with Crippen molar-refractivity contribution in [2.45, 2.75) is 59.1 Å². The van der Waals surface area contributed by atoms with Gasteiger partial charge in [-0.25, -0.2) is 0 Å². The molecule has 1 fully saturated rings. The number of esters is 1. The Hall–Kier alpha value is -0.830. The topological polar surface area (TPSA) is 29.5 Å². The number of rotatable bonds is 2. The summed E-state index contributed by atoms with van der Waals surface area (Å²) in [6.07, 6.45) is 8.02. The normalized spacial score (nSPS) is 32.5. The van der Waals surface area contributed by atoms with Gasteiger partial charge in [0.15, 0.2) is 0 Å². The molecular weight excluding hydrogens is 238 g/mol. The maximum absolute atomic E-state index is 11.9. The van der Waals surface area contributed by atoms with Crippen LogP contribution in [-0.4, -0.2) is 36.1 Å². The van der Waals surface area contributed by atoms with Crippen LogP contribution in [0.1, 0.15) is 47.0 Å². The molecule has 2 rings (SSSR count). The molecule has 3 unspecified atom stereocenters. The summed E-state index contributed by atoms with van der Waals surface area (Å²) in [4.78, 5) is 14.4. The van der Waals surface area contributed by atoms with Crippen molar-refractivity contribution < 1.29 is 9.53 Å². The van der Waals surface area contributed by atoms with E-state index in [1.54, 1.807) is 0 Å². The Morgan fingerprint density at radius 3 is 2.63 bits per heavy atom. The molecule has 0 amide bonds. The molecule has 19 heavy (non-hydrogen) atoms. The number of ether oxygens (including phenoxy) is 1. The number of carbonyl (C=O) groups excluding carboxylic acids is 1. The average molecular weight is 265 g/mol. The molecule has 108 valence electrons. The monoisotopic (exact) mass is 265 g/mol. The highest BCUT2D eigenvalue weighted by Gasteiger charge is 2.31.